The molecule has 4 atom stereocenters. The molecule has 3 aromatic rings. The van der Waals surface area contributed by atoms with Crippen molar-refractivity contribution in [3.8, 4) is 11.5 Å². The van der Waals surface area contributed by atoms with E-state index in [1.165, 1.54) is 17.0 Å². The molecule has 0 aromatic heterocycles. The number of benzene rings is 3. The zero-order valence-electron chi connectivity index (χ0n) is 26.7. The highest BCUT2D eigenvalue weighted by Gasteiger charge is 2.56. The van der Waals surface area contributed by atoms with Crippen molar-refractivity contribution in [1.82, 2.24) is 4.90 Å². The van der Waals surface area contributed by atoms with E-state index in [4.69, 9.17) is 14.6 Å². The first-order valence-corrected chi connectivity index (χ1v) is 16.6. The van der Waals surface area contributed by atoms with Crippen LogP contribution in [0.1, 0.15) is 56.1 Å². The molecule has 1 aliphatic carbocycles. The number of fused-ring (bicyclic) bond motifs is 3. The zero-order valence-corrected chi connectivity index (χ0v) is 26.7. The van der Waals surface area contributed by atoms with Crippen LogP contribution in [-0.4, -0.2) is 58.8 Å². The minimum atomic E-state index is -0.852. The van der Waals surface area contributed by atoms with E-state index in [1.54, 1.807) is 6.07 Å². The van der Waals surface area contributed by atoms with Crippen molar-refractivity contribution >= 4 is 29.4 Å². The maximum atomic E-state index is 14.2. The zero-order chi connectivity index (χ0) is 33.6. The molecule has 8 nitrogen and oxygen atoms in total. The van der Waals surface area contributed by atoms with Gasteiger partial charge in [0.2, 0.25) is 11.8 Å². The number of likely N-dealkylation sites (tertiary alicyclic amines) is 1. The number of ether oxygens (including phenoxy) is 2. The van der Waals surface area contributed by atoms with E-state index in [2.05, 4.69) is 0 Å². The van der Waals surface area contributed by atoms with Gasteiger partial charge in [-0.2, -0.15) is 0 Å². The number of hydrogen-bond acceptors (Lipinski definition) is 6. The lowest BCUT2D eigenvalue weighted by molar-refractivity contribution is -0.141. The first kappa shape index (κ1) is 33.2. The van der Waals surface area contributed by atoms with Crippen molar-refractivity contribution in [3.63, 3.8) is 0 Å². The Morgan fingerprint density at radius 3 is 2.42 bits per heavy atom. The summed E-state index contributed by atoms with van der Waals surface area (Å²) in [5.74, 6) is -2.78. The van der Waals surface area contributed by atoms with Gasteiger partial charge in [0.15, 0.2) is 11.6 Å². The number of phenols is 1. The smallest absolute Gasteiger partial charge is 0.303 e. The maximum Gasteiger partial charge on any atom is 0.303 e. The van der Waals surface area contributed by atoms with Crippen molar-refractivity contribution in [3.05, 3.63) is 107 Å². The number of hydrogen-bond donors (Lipinski definition) is 2. The first-order chi connectivity index (χ1) is 23.3. The highest BCUT2D eigenvalue weighted by Crippen LogP contribution is 2.50. The van der Waals surface area contributed by atoms with Crippen LogP contribution in [0.4, 0.5) is 4.39 Å². The summed E-state index contributed by atoms with van der Waals surface area (Å²) in [6.45, 7) is 0.897. The third-order valence-electron chi connectivity index (χ3n) is 9.66. The number of amides is 2. The second kappa shape index (κ2) is 15.0. The third kappa shape index (κ3) is 7.36. The van der Waals surface area contributed by atoms with Gasteiger partial charge in [-0.1, -0.05) is 67.1 Å². The minimum absolute atomic E-state index is 0.0685. The standard InChI is InChI=1S/C39H40FNO7/c40-32-21-25(15-17-33(32)42)20-27(26-10-4-1-5-11-26)16-18-34-36-28(23-47-29-12-6-2-7-13-29)22-30-37(31(36)24-48-34)39(46)41(38(30)45)19-9-3-8-14-35(43)44/h1-2,4-7,10-13,15,17,20-21,30-31,34,37,42H,3,8-9,14,16,18-19,22-24H2,(H,43,44)/b27-20-/t30-,31+,34-,37-/m1/s1. The molecule has 0 spiro atoms. The van der Waals surface area contributed by atoms with Crippen molar-refractivity contribution in [2.75, 3.05) is 19.8 Å². The fourth-order valence-corrected chi connectivity index (χ4v) is 7.35. The van der Waals surface area contributed by atoms with Gasteiger partial charge in [0.25, 0.3) is 0 Å². The summed E-state index contributed by atoms with van der Waals surface area (Å²) in [5.41, 5.74) is 4.62. The summed E-state index contributed by atoms with van der Waals surface area (Å²) in [5, 5.41) is 18.6. The van der Waals surface area contributed by atoms with Crippen molar-refractivity contribution < 1.29 is 38.5 Å². The number of para-hydroxylation sites is 1. The molecular formula is C39H40FNO7. The van der Waals surface area contributed by atoms with E-state index >= 15 is 0 Å². The number of nitrogens with zero attached hydrogens (tertiary/aromatic N) is 1. The Morgan fingerprint density at radius 1 is 0.938 bits per heavy atom. The minimum Gasteiger partial charge on any atom is -0.505 e. The van der Waals surface area contributed by atoms with E-state index in [1.807, 2.05) is 66.7 Å². The average molecular weight is 654 g/mol. The molecule has 250 valence electrons. The number of unbranched alkanes of at least 4 members (excludes halogenated alkanes) is 2. The van der Waals surface area contributed by atoms with Crippen LogP contribution >= 0.6 is 0 Å². The van der Waals surface area contributed by atoms with Crippen molar-refractivity contribution in [2.45, 2.75) is 51.0 Å². The summed E-state index contributed by atoms with van der Waals surface area (Å²) in [4.78, 5) is 39.7. The highest BCUT2D eigenvalue weighted by molar-refractivity contribution is 6.06. The van der Waals surface area contributed by atoms with E-state index in [0.717, 1.165) is 22.3 Å². The number of aliphatic carboxylic acids is 1. The third-order valence-corrected chi connectivity index (χ3v) is 9.66. The molecule has 2 saturated heterocycles. The number of phenolic OH excluding ortho intramolecular Hbond substituents is 1. The monoisotopic (exact) mass is 653 g/mol. The Bertz CT molecular complexity index is 1700. The van der Waals surface area contributed by atoms with Crippen LogP contribution < -0.4 is 4.74 Å². The number of carbonyl (C=O) groups is 3. The van der Waals surface area contributed by atoms with Gasteiger partial charge in [0, 0.05) is 18.9 Å². The lowest BCUT2D eigenvalue weighted by Crippen LogP contribution is -2.35. The maximum absolute atomic E-state index is 14.2. The number of carbonyl (C=O) groups excluding carboxylic acids is 2. The van der Waals surface area contributed by atoms with Crippen LogP contribution in [0.3, 0.4) is 0 Å². The van der Waals surface area contributed by atoms with Crippen LogP contribution in [0.2, 0.25) is 0 Å². The number of carboxylic acid groups (broad SMARTS) is 1. The van der Waals surface area contributed by atoms with Gasteiger partial charge in [-0.25, -0.2) is 4.39 Å². The van der Waals surface area contributed by atoms with Crippen LogP contribution in [0, 0.1) is 23.6 Å². The van der Waals surface area contributed by atoms with Crippen molar-refractivity contribution in [1.29, 1.82) is 0 Å². The Balaban J connectivity index is 1.24. The predicted molar refractivity (Wildman–Crippen MR) is 178 cm³/mol. The SMILES string of the molecule is O=C(O)CCCCCN1C(=O)[C@@H]2[C@@H](CC(COc3ccccc3)=C3[C@@H](CC/C(=C/c4ccc(O)c(F)c4)c4ccccc4)OC[C@@H]32)C1=O. The summed E-state index contributed by atoms with van der Waals surface area (Å²) < 4.78 is 26.9. The fraction of sp³-hybridized carbons (Fsp3) is 0.359. The summed E-state index contributed by atoms with van der Waals surface area (Å²) >= 11 is 0. The Morgan fingerprint density at radius 2 is 1.69 bits per heavy atom. The van der Waals surface area contributed by atoms with Gasteiger partial charge < -0.3 is 19.7 Å². The van der Waals surface area contributed by atoms with Gasteiger partial charge in [0.05, 0.1) is 24.5 Å². The van der Waals surface area contributed by atoms with Gasteiger partial charge >= 0.3 is 5.97 Å². The number of rotatable bonds is 14. The second-order valence-electron chi connectivity index (χ2n) is 12.7. The molecule has 2 aliphatic heterocycles. The number of halogens is 1. The Labute approximate surface area is 279 Å². The largest absolute Gasteiger partial charge is 0.505 e. The van der Waals surface area contributed by atoms with E-state index in [-0.39, 0.29) is 43.4 Å². The fourth-order valence-electron chi connectivity index (χ4n) is 7.35. The Kier molecular flexibility index (Phi) is 10.3. The van der Waals surface area contributed by atoms with Crippen LogP contribution in [-0.2, 0) is 19.1 Å². The molecule has 2 amide bonds. The summed E-state index contributed by atoms with van der Waals surface area (Å²) in [7, 11) is 0. The Hall–Kier alpha value is -4.76. The molecule has 9 heteroatoms. The summed E-state index contributed by atoms with van der Waals surface area (Å²) in [6, 6.07) is 23.7. The van der Waals surface area contributed by atoms with E-state index in [9.17, 15) is 23.9 Å². The van der Waals surface area contributed by atoms with Gasteiger partial charge in [-0.15, -0.1) is 0 Å². The van der Waals surface area contributed by atoms with Gasteiger partial charge in [0.1, 0.15) is 12.4 Å². The van der Waals surface area contributed by atoms with Crippen LogP contribution in [0.5, 0.6) is 11.5 Å². The number of imide groups is 1. The molecule has 2 heterocycles. The number of allylic oxidation sites excluding steroid dienone is 1. The molecule has 2 fully saturated rings. The molecule has 6 rings (SSSR count). The van der Waals surface area contributed by atoms with E-state index < -0.39 is 29.4 Å². The molecule has 3 aliphatic rings. The van der Waals surface area contributed by atoms with Gasteiger partial charge in [-0.05, 0) is 84.2 Å². The molecule has 2 N–H and O–H groups in total. The normalized spacial score (nSPS) is 22.2. The lowest BCUT2D eigenvalue weighted by Gasteiger charge is -2.32. The lowest BCUT2D eigenvalue weighted by atomic mass is 9.69. The first-order valence-electron chi connectivity index (χ1n) is 16.6. The molecule has 0 radical (unpaired) electrons. The molecule has 0 saturated carbocycles. The van der Waals surface area contributed by atoms with Crippen LogP contribution in [0.25, 0.3) is 11.6 Å². The molecule has 0 unspecified atom stereocenters. The topological polar surface area (TPSA) is 113 Å². The predicted octanol–water partition coefficient (Wildman–Crippen LogP) is 6.89. The number of carboxylic acids is 1. The van der Waals surface area contributed by atoms with Crippen molar-refractivity contribution in [2.24, 2.45) is 17.8 Å². The number of aromatic hydroxyl groups is 1. The average Bonchev–Trinajstić information content (AvgIpc) is 3.62. The second-order valence-corrected chi connectivity index (χ2v) is 12.7. The summed E-state index contributed by atoms with van der Waals surface area (Å²) in [6.07, 6.45) is 5.02. The highest BCUT2D eigenvalue weighted by atomic mass is 19.1. The van der Waals surface area contributed by atoms with Crippen LogP contribution in [0.15, 0.2) is 90.0 Å². The molecule has 0 bridgehead atoms. The van der Waals surface area contributed by atoms with Gasteiger partial charge in [-0.3, -0.25) is 19.3 Å². The molecule has 48 heavy (non-hydrogen) atoms. The molecular weight excluding hydrogens is 613 g/mol. The molecule has 3 aromatic carbocycles. The van der Waals surface area contributed by atoms with E-state index in [0.29, 0.717) is 56.4 Å². The quantitative estimate of drug-likeness (QED) is 0.0843.